The molecule has 2 aliphatic rings. The number of fused-ring (bicyclic) bond motifs is 2. The number of hydrogen-bond donors (Lipinski definition) is 1. The SMILES string of the molecule is Cc1cnn(C(=O)N[C@@H]2C[C@H]3CCN(C3)C2)c1. The number of amides is 1. The fourth-order valence-corrected chi connectivity index (χ4v) is 2.93. The van der Waals surface area contributed by atoms with Crippen molar-refractivity contribution in [1.82, 2.24) is 20.0 Å². The second-order valence-corrected chi connectivity index (χ2v) is 5.26. The highest BCUT2D eigenvalue weighted by molar-refractivity contribution is 5.76. The van der Waals surface area contributed by atoms with E-state index in [1.807, 2.05) is 6.92 Å². The number of aryl methyl sites for hydroxylation is 1. The Hall–Kier alpha value is -1.36. The number of nitrogens with one attached hydrogen (secondary N) is 1. The van der Waals surface area contributed by atoms with Gasteiger partial charge in [0.2, 0.25) is 0 Å². The molecule has 0 radical (unpaired) electrons. The monoisotopic (exact) mass is 234 g/mol. The summed E-state index contributed by atoms with van der Waals surface area (Å²) in [6.07, 6.45) is 5.86. The van der Waals surface area contributed by atoms with Gasteiger partial charge in [0.05, 0.1) is 6.20 Å². The fraction of sp³-hybridized carbons (Fsp3) is 0.667. The van der Waals surface area contributed by atoms with Gasteiger partial charge in [-0.1, -0.05) is 0 Å². The molecule has 0 aromatic carbocycles. The molecule has 0 spiro atoms. The summed E-state index contributed by atoms with van der Waals surface area (Å²) in [5.41, 5.74) is 1.01. The Bertz CT molecular complexity index is 416. The molecular weight excluding hydrogens is 216 g/mol. The van der Waals surface area contributed by atoms with Crippen molar-refractivity contribution in [1.29, 1.82) is 0 Å². The lowest BCUT2D eigenvalue weighted by molar-refractivity contribution is 0.204. The molecule has 2 bridgehead atoms. The summed E-state index contributed by atoms with van der Waals surface area (Å²) < 4.78 is 1.39. The molecule has 17 heavy (non-hydrogen) atoms. The molecule has 1 amide bonds. The average Bonchev–Trinajstić information content (AvgIpc) is 2.85. The van der Waals surface area contributed by atoms with Crippen LogP contribution in [-0.4, -0.2) is 46.4 Å². The molecule has 2 aliphatic heterocycles. The fourth-order valence-electron chi connectivity index (χ4n) is 2.93. The number of carbonyl (C=O) groups is 1. The standard InChI is InChI=1S/C12H18N4O/c1-9-5-13-16(6-9)12(17)14-11-4-10-2-3-15(7-10)8-11/h5-6,10-11H,2-4,7-8H2,1H3,(H,14,17)/t10-,11-/m1/s1. The van der Waals surface area contributed by atoms with E-state index in [2.05, 4.69) is 15.3 Å². The zero-order valence-corrected chi connectivity index (χ0v) is 10.1. The summed E-state index contributed by atoms with van der Waals surface area (Å²) in [7, 11) is 0. The van der Waals surface area contributed by atoms with Crippen LogP contribution in [0.15, 0.2) is 12.4 Å². The molecule has 92 valence electrons. The van der Waals surface area contributed by atoms with E-state index in [1.165, 1.54) is 24.2 Å². The second kappa shape index (κ2) is 4.14. The van der Waals surface area contributed by atoms with Crippen LogP contribution >= 0.6 is 0 Å². The number of piperidine rings is 1. The van der Waals surface area contributed by atoms with E-state index in [4.69, 9.17) is 0 Å². The first-order valence-corrected chi connectivity index (χ1v) is 6.25. The van der Waals surface area contributed by atoms with E-state index in [-0.39, 0.29) is 12.1 Å². The van der Waals surface area contributed by atoms with Gasteiger partial charge in [0.25, 0.3) is 0 Å². The third kappa shape index (κ3) is 2.20. The van der Waals surface area contributed by atoms with Gasteiger partial charge in [-0.2, -0.15) is 9.78 Å². The number of rotatable bonds is 1. The lowest BCUT2D eigenvalue weighted by Crippen LogP contribution is -2.48. The molecule has 2 saturated heterocycles. The third-order valence-electron chi connectivity index (χ3n) is 3.71. The first-order valence-electron chi connectivity index (χ1n) is 6.25. The number of hydrogen-bond acceptors (Lipinski definition) is 3. The Morgan fingerprint density at radius 1 is 1.53 bits per heavy atom. The molecule has 5 nitrogen and oxygen atoms in total. The molecule has 1 unspecified atom stereocenters. The van der Waals surface area contributed by atoms with Crippen LogP contribution in [-0.2, 0) is 0 Å². The summed E-state index contributed by atoms with van der Waals surface area (Å²) in [5.74, 6) is 0.772. The lowest BCUT2D eigenvalue weighted by Gasteiger charge is -2.30. The number of aromatic nitrogens is 2. The summed E-state index contributed by atoms with van der Waals surface area (Å²) in [4.78, 5) is 14.4. The molecule has 1 aromatic heterocycles. The van der Waals surface area contributed by atoms with Crippen molar-refractivity contribution < 1.29 is 4.79 Å². The highest BCUT2D eigenvalue weighted by atomic mass is 16.2. The van der Waals surface area contributed by atoms with Crippen LogP contribution in [0.3, 0.4) is 0 Å². The predicted octanol–water partition coefficient (Wildman–Crippen LogP) is 0.843. The molecule has 3 atom stereocenters. The first-order chi connectivity index (χ1) is 8.20. The maximum Gasteiger partial charge on any atom is 0.342 e. The van der Waals surface area contributed by atoms with Crippen molar-refractivity contribution in [2.75, 3.05) is 19.6 Å². The molecule has 1 N–H and O–H groups in total. The Morgan fingerprint density at radius 2 is 2.41 bits per heavy atom. The average molecular weight is 234 g/mol. The van der Waals surface area contributed by atoms with Crippen molar-refractivity contribution in [3.8, 4) is 0 Å². The van der Waals surface area contributed by atoms with E-state index in [0.29, 0.717) is 0 Å². The molecule has 2 fully saturated rings. The highest BCUT2D eigenvalue weighted by Gasteiger charge is 2.33. The maximum absolute atomic E-state index is 11.9. The third-order valence-corrected chi connectivity index (χ3v) is 3.71. The Kier molecular flexibility index (Phi) is 2.63. The van der Waals surface area contributed by atoms with Crippen molar-refractivity contribution in [3.05, 3.63) is 18.0 Å². The number of carbonyl (C=O) groups excluding carboxylic acids is 1. The summed E-state index contributed by atoms with van der Waals surface area (Å²) >= 11 is 0. The van der Waals surface area contributed by atoms with Crippen LogP contribution in [0.2, 0.25) is 0 Å². The van der Waals surface area contributed by atoms with E-state index in [9.17, 15) is 4.79 Å². The van der Waals surface area contributed by atoms with Crippen molar-refractivity contribution in [2.45, 2.75) is 25.8 Å². The van der Waals surface area contributed by atoms with Crippen LogP contribution in [0.5, 0.6) is 0 Å². The van der Waals surface area contributed by atoms with Gasteiger partial charge in [-0.3, -0.25) is 0 Å². The second-order valence-electron chi connectivity index (χ2n) is 5.26. The molecule has 3 rings (SSSR count). The Morgan fingerprint density at radius 3 is 3.12 bits per heavy atom. The van der Waals surface area contributed by atoms with Gasteiger partial charge < -0.3 is 10.2 Å². The smallest absolute Gasteiger partial charge is 0.332 e. The van der Waals surface area contributed by atoms with Gasteiger partial charge >= 0.3 is 6.03 Å². The minimum atomic E-state index is -0.106. The van der Waals surface area contributed by atoms with Gasteiger partial charge in [0, 0.05) is 25.3 Å². The zero-order chi connectivity index (χ0) is 11.8. The first kappa shape index (κ1) is 10.8. The minimum absolute atomic E-state index is 0.106. The lowest BCUT2D eigenvalue weighted by atomic mass is 9.97. The Labute approximate surface area is 101 Å². The van der Waals surface area contributed by atoms with E-state index < -0.39 is 0 Å². The maximum atomic E-state index is 11.9. The van der Waals surface area contributed by atoms with Crippen molar-refractivity contribution in [2.24, 2.45) is 5.92 Å². The van der Waals surface area contributed by atoms with Crippen LogP contribution in [0.25, 0.3) is 0 Å². The Balaban J connectivity index is 1.62. The molecule has 0 saturated carbocycles. The minimum Gasteiger partial charge on any atom is -0.332 e. The molecule has 3 heterocycles. The highest BCUT2D eigenvalue weighted by Crippen LogP contribution is 2.26. The van der Waals surface area contributed by atoms with Crippen molar-refractivity contribution >= 4 is 6.03 Å². The molecule has 1 aromatic rings. The van der Waals surface area contributed by atoms with Crippen LogP contribution in [0, 0.1) is 12.8 Å². The summed E-state index contributed by atoms with van der Waals surface area (Å²) in [6, 6.07) is 0.179. The van der Waals surface area contributed by atoms with Crippen LogP contribution in [0.4, 0.5) is 4.79 Å². The quantitative estimate of drug-likeness (QED) is 0.783. The summed E-state index contributed by atoms with van der Waals surface area (Å²) in [6.45, 7) is 5.33. The van der Waals surface area contributed by atoms with Gasteiger partial charge in [-0.25, -0.2) is 4.79 Å². The molecular formula is C12H18N4O. The van der Waals surface area contributed by atoms with Gasteiger partial charge in [-0.15, -0.1) is 0 Å². The summed E-state index contributed by atoms with van der Waals surface area (Å²) in [5, 5.41) is 7.10. The van der Waals surface area contributed by atoms with E-state index in [0.717, 1.165) is 24.4 Å². The van der Waals surface area contributed by atoms with Crippen LogP contribution in [0.1, 0.15) is 18.4 Å². The predicted molar refractivity (Wildman–Crippen MR) is 63.8 cm³/mol. The van der Waals surface area contributed by atoms with E-state index >= 15 is 0 Å². The molecule has 0 aliphatic carbocycles. The topological polar surface area (TPSA) is 50.2 Å². The number of nitrogens with zero attached hydrogens (tertiary/aromatic N) is 3. The van der Waals surface area contributed by atoms with Gasteiger partial charge in [-0.05, 0) is 37.8 Å². The zero-order valence-electron chi connectivity index (χ0n) is 10.1. The normalized spacial score (nSPS) is 31.5. The largest absolute Gasteiger partial charge is 0.342 e. The van der Waals surface area contributed by atoms with Crippen LogP contribution < -0.4 is 5.32 Å². The molecule has 5 heteroatoms. The van der Waals surface area contributed by atoms with E-state index in [1.54, 1.807) is 12.4 Å². The van der Waals surface area contributed by atoms with Gasteiger partial charge in [0.15, 0.2) is 0 Å². The van der Waals surface area contributed by atoms with Crippen molar-refractivity contribution in [3.63, 3.8) is 0 Å². The van der Waals surface area contributed by atoms with Gasteiger partial charge in [0.1, 0.15) is 0 Å².